The van der Waals surface area contributed by atoms with E-state index in [4.69, 9.17) is 4.74 Å². The van der Waals surface area contributed by atoms with Crippen LogP contribution >= 0.6 is 0 Å². The maximum Gasteiger partial charge on any atom is 0.270 e. The lowest BCUT2D eigenvalue weighted by molar-refractivity contribution is -0.126. The van der Waals surface area contributed by atoms with Crippen LogP contribution in [0.25, 0.3) is 0 Å². The van der Waals surface area contributed by atoms with Crippen molar-refractivity contribution in [1.82, 2.24) is 20.3 Å². The molecule has 3 N–H and O–H groups in total. The fourth-order valence-corrected chi connectivity index (χ4v) is 4.39. The number of carbonyl (C=O) groups excluding carboxylic acids is 3. The molecular weight excluding hydrogens is 508 g/mol. The van der Waals surface area contributed by atoms with Gasteiger partial charge >= 0.3 is 0 Å². The number of benzene rings is 2. The third kappa shape index (κ3) is 8.79. The molecule has 1 aromatic heterocycles. The zero-order valence-electron chi connectivity index (χ0n) is 21.1. The summed E-state index contributed by atoms with van der Waals surface area (Å²) in [4.78, 5) is 41.4. The summed E-state index contributed by atoms with van der Waals surface area (Å²) in [5.74, 6) is -0.452. The Bertz CT molecular complexity index is 1330. The van der Waals surface area contributed by atoms with E-state index in [0.717, 1.165) is 0 Å². The number of aromatic nitrogens is 1. The minimum atomic E-state index is -3.97. The molecule has 0 bridgehead atoms. The molecule has 11 heteroatoms. The molecule has 0 spiro atoms. The van der Waals surface area contributed by atoms with Gasteiger partial charge in [0.05, 0.1) is 18.0 Å². The zero-order valence-corrected chi connectivity index (χ0v) is 21.9. The average Bonchev–Trinajstić information content (AvgIpc) is 2.91. The second-order valence-corrected chi connectivity index (χ2v) is 10.6. The summed E-state index contributed by atoms with van der Waals surface area (Å²) in [7, 11) is -3.97. The Kier molecular flexibility index (Phi) is 10.1. The second kappa shape index (κ2) is 13.5. The van der Waals surface area contributed by atoms with Gasteiger partial charge in [-0.3, -0.25) is 19.4 Å². The molecule has 3 aromatic rings. The van der Waals surface area contributed by atoms with Gasteiger partial charge in [0.15, 0.2) is 5.78 Å². The first-order valence-corrected chi connectivity index (χ1v) is 13.5. The van der Waals surface area contributed by atoms with E-state index in [1.165, 1.54) is 36.5 Å². The highest BCUT2D eigenvalue weighted by atomic mass is 32.2. The minimum absolute atomic E-state index is 0.0380. The Hall–Kier alpha value is -4.09. The van der Waals surface area contributed by atoms with Crippen LogP contribution in [-0.4, -0.2) is 50.1 Å². The van der Waals surface area contributed by atoms with E-state index in [0.29, 0.717) is 17.9 Å². The number of amides is 2. The number of nitrogens with one attached hydrogen (secondary N) is 3. The predicted molar refractivity (Wildman–Crippen MR) is 141 cm³/mol. The van der Waals surface area contributed by atoms with Crippen molar-refractivity contribution in [2.75, 3.05) is 13.1 Å². The van der Waals surface area contributed by atoms with Crippen LogP contribution in [0.15, 0.2) is 83.9 Å². The van der Waals surface area contributed by atoms with E-state index >= 15 is 0 Å². The van der Waals surface area contributed by atoms with E-state index in [2.05, 4.69) is 20.3 Å². The van der Waals surface area contributed by atoms with E-state index in [-0.39, 0.29) is 16.5 Å². The van der Waals surface area contributed by atoms with Crippen molar-refractivity contribution in [2.24, 2.45) is 5.92 Å². The minimum Gasteiger partial charge on any atom is -0.457 e. The maximum atomic E-state index is 12.7. The summed E-state index contributed by atoms with van der Waals surface area (Å²) >= 11 is 0. The van der Waals surface area contributed by atoms with Crippen molar-refractivity contribution in [3.05, 3.63) is 84.7 Å². The SMILES string of the molecule is CC(C)C[C@H](NC(=O)c1ccccn1)C(=O)NCC(=O)CNS(=O)(=O)c1ccc(Oc2ccccc2)cc1. The fourth-order valence-electron chi connectivity index (χ4n) is 3.37. The molecule has 2 amide bonds. The summed E-state index contributed by atoms with van der Waals surface area (Å²) in [6.07, 6.45) is 1.81. The molecule has 10 nitrogen and oxygen atoms in total. The smallest absolute Gasteiger partial charge is 0.270 e. The van der Waals surface area contributed by atoms with E-state index in [1.807, 2.05) is 32.0 Å². The molecule has 0 saturated heterocycles. The van der Waals surface area contributed by atoms with Gasteiger partial charge in [0, 0.05) is 6.20 Å². The molecule has 0 aliphatic carbocycles. The summed E-state index contributed by atoms with van der Waals surface area (Å²) in [6.45, 7) is 2.88. The largest absolute Gasteiger partial charge is 0.457 e. The van der Waals surface area contributed by atoms with Gasteiger partial charge in [-0.05, 0) is 60.9 Å². The number of ether oxygens (including phenoxy) is 1. The molecule has 0 unspecified atom stereocenters. The summed E-state index contributed by atoms with van der Waals surface area (Å²) in [6, 6.07) is 18.8. The maximum absolute atomic E-state index is 12.7. The Morgan fingerprint density at radius 1 is 0.868 bits per heavy atom. The highest BCUT2D eigenvalue weighted by Gasteiger charge is 2.24. The summed E-state index contributed by atoms with van der Waals surface area (Å²) < 4.78 is 33.1. The normalized spacial score (nSPS) is 12.0. The van der Waals surface area contributed by atoms with Gasteiger partial charge in [-0.2, -0.15) is 0 Å². The van der Waals surface area contributed by atoms with Crippen LogP contribution in [0, 0.1) is 5.92 Å². The molecule has 0 fully saturated rings. The molecule has 1 atom stereocenters. The van der Waals surface area contributed by atoms with Gasteiger partial charge < -0.3 is 15.4 Å². The Balaban J connectivity index is 1.50. The quantitative estimate of drug-likeness (QED) is 0.304. The number of sulfonamides is 1. The average molecular weight is 539 g/mol. The van der Waals surface area contributed by atoms with Crippen molar-refractivity contribution in [3.63, 3.8) is 0 Å². The fraction of sp³-hybridized carbons (Fsp3) is 0.259. The van der Waals surface area contributed by atoms with Crippen LogP contribution in [0.5, 0.6) is 11.5 Å². The number of rotatable bonds is 13. The number of nitrogens with zero attached hydrogens (tertiary/aromatic N) is 1. The van der Waals surface area contributed by atoms with Gasteiger partial charge in [-0.25, -0.2) is 13.1 Å². The Morgan fingerprint density at radius 3 is 2.16 bits per heavy atom. The van der Waals surface area contributed by atoms with E-state index in [9.17, 15) is 22.8 Å². The van der Waals surface area contributed by atoms with Gasteiger partial charge in [0.25, 0.3) is 5.91 Å². The molecule has 3 rings (SSSR count). The van der Waals surface area contributed by atoms with Crippen molar-refractivity contribution < 1.29 is 27.5 Å². The summed E-state index contributed by atoms with van der Waals surface area (Å²) in [5, 5.41) is 5.12. The lowest BCUT2D eigenvalue weighted by Gasteiger charge is -2.20. The Morgan fingerprint density at radius 2 is 1.53 bits per heavy atom. The van der Waals surface area contributed by atoms with Crippen molar-refractivity contribution in [1.29, 1.82) is 0 Å². The second-order valence-electron chi connectivity index (χ2n) is 8.84. The molecule has 0 saturated carbocycles. The predicted octanol–water partition coefficient (Wildman–Crippen LogP) is 2.68. The standard InChI is InChI=1S/C27H30N4O6S/c1-19(2)16-25(31-27(34)24-10-6-7-15-28-24)26(33)29-17-20(32)18-30-38(35,36)23-13-11-22(12-14-23)37-21-8-4-3-5-9-21/h3-15,19,25,30H,16-18H2,1-2H3,(H,29,33)(H,31,34)/t25-/m0/s1. The molecular formula is C27H30N4O6S. The molecule has 0 aliphatic rings. The third-order valence-electron chi connectivity index (χ3n) is 5.26. The zero-order chi connectivity index (χ0) is 27.5. The highest BCUT2D eigenvalue weighted by molar-refractivity contribution is 7.89. The Labute approximate surface area is 221 Å². The van der Waals surface area contributed by atoms with Crippen molar-refractivity contribution >= 4 is 27.6 Å². The van der Waals surface area contributed by atoms with E-state index < -0.39 is 46.8 Å². The van der Waals surface area contributed by atoms with Crippen LogP contribution in [0.3, 0.4) is 0 Å². The number of para-hydroxylation sites is 1. The molecule has 38 heavy (non-hydrogen) atoms. The molecule has 0 radical (unpaired) electrons. The topological polar surface area (TPSA) is 144 Å². The number of carbonyl (C=O) groups is 3. The van der Waals surface area contributed by atoms with Crippen LogP contribution in [0.1, 0.15) is 30.8 Å². The lowest BCUT2D eigenvalue weighted by Crippen LogP contribution is -2.49. The van der Waals surface area contributed by atoms with Gasteiger partial charge in [-0.1, -0.05) is 38.1 Å². The number of ketones is 1. The third-order valence-corrected chi connectivity index (χ3v) is 6.68. The highest BCUT2D eigenvalue weighted by Crippen LogP contribution is 2.22. The van der Waals surface area contributed by atoms with Gasteiger partial charge in [-0.15, -0.1) is 0 Å². The van der Waals surface area contributed by atoms with Crippen LogP contribution < -0.4 is 20.1 Å². The van der Waals surface area contributed by atoms with Crippen LogP contribution in [-0.2, 0) is 19.6 Å². The first-order chi connectivity index (χ1) is 18.1. The van der Waals surface area contributed by atoms with E-state index in [1.54, 1.807) is 24.3 Å². The first-order valence-electron chi connectivity index (χ1n) is 12.0. The molecule has 1 heterocycles. The monoisotopic (exact) mass is 538 g/mol. The molecule has 2 aromatic carbocycles. The van der Waals surface area contributed by atoms with Crippen LogP contribution in [0.4, 0.5) is 0 Å². The number of Topliss-reactive ketones (excluding diaryl/α,β-unsaturated/α-hetero) is 1. The molecule has 200 valence electrons. The number of hydrogen-bond acceptors (Lipinski definition) is 7. The molecule has 0 aliphatic heterocycles. The van der Waals surface area contributed by atoms with Crippen molar-refractivity contribution in [3.8, 4) is 11.5 Å². The van der Waals surface area contributed by atoms with Gasteiger partial charge in [0.2, 0.25) is 15.9 Å². The number of hydrogen-bond donors (Lipinski definition) is 3. The first kappa shape index (κ1) is 28.5. The summed E-state index contributed by atoms with van der Waals surface area (Å²) in [5.41, 5.74) is 0.166. The lowest BCUT2D eigenvalue weighted by atomic mass is 10.0. The van der Waals surface area contributed by atoms with Gasteiger partial charge in [0.1, 0.15) is 23.2 Å². The van der Waals surface area contributed by atoms with Crippen LogP contribution in [0.2, 0.25) is 0 Å². The van der Waals surface area contributed by atoms with Crippen molar-refractivity contribution in [2.45, 2.75) is 31.2 Å². The number of pyridine rings is 1.